The van der Waals surface area contributed by atoms with E-state index in [0.717, 1.165) is 24.3 Å². The van der Waals surface area contributed by atoms with Gasteiger partial charge in [0.1, 0.15) is 0 Å². The third-order valence-corrected chi connectivity index (χ3v) is 5.83. The van der Waals surface area contributed by atoms with Gasteiger partial charge in [-0.25, -0.2) is 0 Å². The van der Waals surface area contributed by atoms with Crippen LogP contribution in [0.2, 0.25) is 0 Å². The molecule has 0 unspecified atom stereocenters. The maximum absolute atomic E-state index is 12.8. The lowest BCUT2D eigenvalue weighted by atomic mass is 10.1. The first-order valence-corrected chi connectivity index (χ1v) is 9.59. The molecule has 2 aromatic rings. The molecule has 2 amide bonds. The van der Waals surface area contributed by atoms with E-state index < -0.39 is 0 Å². The molecule has 3 rings (SSSR count). The number of thiophene rings is 2. The molecule has 0 saturated carbocycles. The highest BCUT2D eigenvalue weighted by atomic mass is 32.1. The maximum atomic E-state index is 12.8. The molecular weight excluding hydrogens is 328 g/mol. The molecule has 1 N–H and O–H groups in total. The molecule has 1 aliphatic heterocycles. The van der Waals surface area contributed by atoms with Gasteiger partial charge in [0.05, 0.1) is 18.5 Å². The van der Waals surface area contributed by atoms with Crippen LogP contribution in [0.4, 0.5) is 0 Å². The van der Waals surface area contributed by atoms with Gasteiger partial charge in [0, 0.05) is 18.3 Å². The van der Waals surface area contributed by atoms with Crippen LogP contribution in [-0.2, 0) is 9.59 Å². The Labute approximate surface area is 144 Å². The SMILES string of the molecule is CC(=O)N[C@@H](CC(=O)N1CCC[C@H]1c1ccsc1)c1cccs1. The summed E-state index contributed by atoms with van der Waals surface area (Å²) in [4.78, 5) is 27.3. The Morgan fingerprint density at radius 1 is 1.39 bits per heavy atom. The number of nitrogens with one attached hydrogen (secondary N) is 1. The summed E-state index contributed by atoms with van der Waals surface area (Å²) in [7, 11) is 0. The topological polar surface area (TPSA) is 49.4 Å². The lowest BCUT2D eigenvalue weighted by Gasteiger charge is -2.26. The van der Waals surface area contributed by atoms with Crippen molar-refractivity contribution in [2.45, 2.75) is 38.3 Å². The third kappa shape index (κ3) is 3.82. The molecule has 0 aromatic carbocycles. The predicted octanol–water partition coefficient (Wildman–Crippen LogP) is 3.74. The Morgan fingerprint density at radius 3 is 2.91 bits per heavy atom. The molecule has 2 atom stereocenters. The summed E-state index contributed by atoms with van der Waals surface area (Å²) in [5, 5.41) is 9.07. The van der Waals surface area contributed by atoms with E-state index in [-0.39, 0.29) is 23.9 Å². The van der Waals surface area contributed by atoms with Crippen molar-refractivity contribution >= 4 is 34.5 Å². The quantitative estimate of drug-likeness (QED) is 0.895. The van der Waals surface area contributed by atoms with Crippen molar-refractivity contribution in [1.82, 2.24) is 10.2 Å². The summed E-state index contributed by atoms with van der Waals surface area (Å²) >= 11 is 3.24. The second kappa shape index (κ2) is 7.27. The van der Waals surface area contributed by atoms with Gasteiger partial charge >= 0.3 is 0 Å². The van der Waals surface area contributed by atoms with Crippen LogP contribution >= 0.6 is 22.7 Å². The Balaban J connectivity index is 1.72. The van der Waals surface area contributed by atoms with Crippen LogP contribution in [0.15, 0.2) is 34.3 Å². The number of carbonyl (C=O) groups is 2. The van der Waals surface area contributed by atoms with Gasteiger partial charge in [0.2, 0.25) is 11.8 Å². The molecule has 3 heterocycles. The Morgan fingerprint density at radius 2 is 2.26 bits per heavy atom. The summed E-state index contributed by atoms with van der Waals surface area (Å²) in [6.45, 7) is 2.30. The van der Waals surface area contributed by atoms with E-state index in [0.29, 0.717) is 6.42 Å². The second-order valence-electron chi connectivity index (χ2n) is 5.77. The van der Waals surface area contributed by atoms with E-state index in [2.05, 4.69) is 22.1 Å². The summed E-state index contributed by atoms with van der Waals surface area (Å²) in [5.74, 6) is 0.0119. The van der Waals surface area contributed by atoms with Crippen molar-refractivity contribution in [2.75, 3.05) is 6.54 Å². The number of hydrogen-bond donors (Lipinski definition) is 1. The van der Waals surface area contributed by atoms with Crippen molar-refractivity contribution in [3.05, 3.63) is 44.8 Å². The van der Waals surface area contributed by atoms with Gasteiger partial charge in [-0.15, -0.1) is 11.3 Å². The lowest BCUT2D eigenvalue weighted by Crippen LogP contribution is -2.35. The number of likely N-dealkylation sites (tertiary alicyclic amines) is 1. The van der Waals surface area contributed by atoms with Crippen molar-refractivity contribution in [1.29, 1.82) is 0 Å². The minimum absolute atomic E-state index is 0.105. The number of amides is 2. The van der Waals surface area contributed by atoms with E-state index in [1.54, 1.807) is 22.7 Å². The summed E-state index contributed by atoms with van der Waals surface area (Å²) in [6, 6.07) is 5.98. The highest BCUT2D eigenvalue weighted by Gasteiger charge is 2.31. The van der Waals surface area contributed by atoms with E-state index in [1.807, 2.05) is 22.4 Å². The Hall–Kier alpha value is -1.66. The highest BCUT2D eigenvalue weighted by molar-refractivity contribution is 7.10. The molecule has 122 valence electrons. The normalized spacial score (nSPS) is 18.8. The molecule has 23 heavy (non-hydrogen) atoms. The largest absolute Gasteiger partial charge is 0.348 e. The number of rotatable bonds is 5. The van der Waals surface area contributed by atoms with Crippen molar-refractivity contribution in [2.24, 2.45) is 0 Å². The summed E-state index contributed by atoms with van der Waals surface area (Å²) in [5.41, 5.74) is 1.23. The minimum atomic E-state index is -0.233. The first kappa shape index (κ1) is 16.2. The monoisotopic (exact) mass is 348 g/mol. The van der Waals surface area contributed by atoms with E-state index in [4.69, 9.17) is 0 Å². The predicted molar refractivity (Wildman–Crippen MR) is 93.5 cm³/mol. The van der Waals surface area contributed by atoms with Crippen LogP contribution in [0.25, 0.3) is 0 Å². The lowest BCUT2D eigenvalue weighted by molar-refractivity contribution is -0.133. The molecule has 0 spiro atoms. The van der Waals surface area contributed by atoms with Crippen molar-refractivity contribution in [3.8, 4) is 0 Å². The summed E-state index contributed by atoms with van der Waals surface area (Å²) < 4.78 is 0. The van der Waals surface area contributed by atoms with Gasteiger partial charge in [-0.3, -0.25) is 9.59 Å². The fraction of sp³-hybridized carbons (Fsp3) is 0.412. The van der Waals surface area contributed by atoms with E-state index in [1.165, 1.54) is 12.5 Å². The van der Waals surface area contributed by atoms with Crippen molar-refractivity contribution < 1.29 is 9.59 Å². The van der Waals surface area contributed by atoms with Gasteiger partial charge in [0.25, 0.3) is 0 Å². The van der Waals surface area contributed by atoms with Crippen LogP contribution in [-0.4, -0.2) is 23.3 Å². The van der Waals surface area contributed by atoms with E-state index >= 15 is 0 Å². The first-order chi connectivity index (χ1) is 11.1. The standard InChI is InChI=1S/C17H20N2O2S2/c1-12(20)18-14(16-5-3-8-23-16)10-17(21)19-7-2-4-15(19)13-6-9-22-11-13/h3,5-6,8-9,11,14-15H,2,4,7,10H2,1H3,(H,18,20)/t14-,15-/m0/s1. The number of nitrogens with zero attached hydrogens (tertiary/aromatic N) is 1. The highest BCUT2D eigenvalue weighted by Crippen LogP contribution is 2.34. The maximum Gasteiger partial charge on any atom is 0.225 e. The molecular formula is C17H20N2O2S2. The number of hydrogen-bond acceptors (Lipinski definition) is 4. The van der Waals surface area contributed by atoms with Gasteiger partial charge in [-0.05, 0) is 46.7 Å². The zero-order valence-electron chi connectivity index (χ0n) is 13.0. The molecule has 0 radical (unpaired) electrons. The zero-order chi connectivity index (χ0) is 16.2. The molecule has 0 bridgehead atoms. The van der Waals surface area contributed by atoms with Crippen molar-refractivity contribution in [3.63, 3.8) is 0 Å². The first-order valence-electron chi connectivity index (χ1n) is 7.77. The van der Waals surface area contributed by atoms with Gasteiger partial charge < -0.3 is 10.2 Å². The fourth-order valence-corrected chi connectivity index (χ4v) is 4.61. The average molecular weight is 348 g/mol. The van der Waals surface area contributed by atoms with E-state index in [9.17, 15) is 9.59 Å². The molecule has 1 fully saturated rings. The second-order valence-corrected chi connectivity index (χ2v) is 7.53. The average Bonchev–Trinajstić information content (AvgIpc) is 3.25. The molecule has 1 aliphatic rings. The minimum Gasteiger partial charge on any atom is -0.348 e. The van der Waals surface area contributed by atoms with Crippen LogP contribution < -0.4 is 5.32 Å². The smallest absolute Gasteiger partial charge is 0.225 e. The Bertz CT molecular complexity index is 652. The molecule has 0 aliphatic carbocycles. The van der Waals surface area contributed by atoms with Gasteiger partial charge in [-0.2, -0.15) is 11.3 Å². The summed E-state index contributed by atoms with van der Waals surface area (Å²) in [6.07, 6.45) is 2.38. The zero-order valence-corrected chi connectivity index (χ0v) is 14.7. The van der Waals surface area contributed by atoms with Crippen LogP contribution in [0.5, 0.6) is 0 Å². The van der Waals surface area contributed by atoms with Gasteiger partial charge in [0.15, 0.2) is 0 Å². The van der Waals surface area contributed by atoms with Crippen LogP contribution in [0.3, 0.4) is 0 Å². The third-order valence-electron chi connectivity index (χ3n) is 4.14. The molecule has 6 heteroatoms. The van der Waals surface area contributed by atoms with Gasteiger partial charge in [-0.1, -0.05) is 6.07 Å². The molecule has 4 nitrogen and oxygen atoms in total. The molecule has 1 saturated heterocycles. The van der Waals surface area contributed by atoms with Crippen LogP contribution in [0.1, 0.15) is 48.7 Å². The van der Waals surface area contributed by atoms with Crippen LogP contribution in [0, 0.1) is 0 Å². The molecule has 2 aromatic heterocycles. The Kier molecular flexibility index (Phi) is 5.13. The number of carbonyl (C=O) groups excluding carboxylic acids is 2. The fourth-order valence-electron chi connectivity index (χ4n) is 3.13.